The molecule has 1 saturated heterocycles. The van der Waals surface area contributed by atoms with E-state index in [4.69, 9.17) is 17.3 Å². The fourth-order valence-corrected chi connectivity index (χ4v) is 5.47. The summed E-state index contributed by atoms with van der Waals surface area (Å²) in [5.41, 5.74) is 10.2. The third-order valence-electron chi connectivity index (χ3n) is 7.25. The van der Waals surface area contributed by atoms with Gasteiger partial charge < -0.3 is 20.3 Å². The highest BCUT2D eigenvalue weighted by atomic mass is 35.5. The highest BCUT2D eigenvalue weighted by molar-refractivity contribution is 6.32. The average molecular weight is 545 g/mol. The first-order valence-electron chi connectivity index (χ1n) is 12.5. The van der Waals surface area contributed by atoms with Gasteiger partial charge in [-0.05, 0) is 60.9 Å². The second kappa shape index (κ2) is 9.21. The second-order valence-electron chi connectivity index (χ2n) is 10.3. The van der Waals surface area contributed by atoms with Crippen molar-refractivity contribution in [3.63, 3.8) is 0 Å². The van der Waals surface area contributed by atoms with Crippen LogP contribution in [0.3, 0.4) is 0 Å². The maximum atomic E-state index is 15.0. The molecule has 0 unspecified atom stereocenters. The number of nitrogens with two attached hydrogens (primary N) is 1. The third-order valence-corrected chi connectivity index (χ3v) is 7.55. The first-order valence-corrected chi connectivity index (χ1v) is 12.8. The van der Waals surface area contributed by atoms with Crippen LogP contribution in [0.4, 0.5) is 10.1 Å². The molecule has 0 amide bonds. The summed E-state index contributed by atoms with van der Waals surface area (Å²) in [6.45, 7) is 3.40. The van der Waals surface area contributed by atoms with Gasteiger partial charge in [0, 0.05) is 61.6 Å². The molecule has 3 aromatic carbocycles. The van der Waals surface area contributed by atoms with Crippen molar-refractivity contribution in [3.8, 4) is 33.7 Å². The van der Waals surface area contributed by atoms with E-state index in [1.807, 2.05) is 13.0 Å². The Morgan fingerprint density at radius 2 is 1.77 bits per heavy atom. The molecular formula is C29H26ClFN6O2. The number of aromatic nitrogens is 4. The summed E-state index contributed by atoms with van der Waals surface area (Å²) >= 11 is 6.55. The number of hydrogen-bond donors (Lipinski definition) is 2. The van der Waals surface area contributed by atoms with Crippen LogP contribution in [0.15, 0.2) is 72.0 Å². The quantitative estimate of drug-likeness (QED) is 0.334. The van der Waals surface area contributed by atoms with E-state index < -0.39 is 5.82 Å². The van der Waals surface area contributed by atoms with Gasteiger partial charge in [0.1, 0.15) is 17.1 Å². The van der Waals surface area contributed by atoms with E-state index >= 15 is 4.39 Å². The van der Waals surface area contributed by atoms with E-state index in [-0.39, 0.29) is 27.6 Å². The number of anilines is 1. The van der Waals surface area contributed by atoms with Gasteiger partial charge in [0.15, 0.2) is 0 Å². The number of nitrogens with zero attached hydrogens (tertiary/aromatic N) is 5. The fourth-order valence-electron chi connectivity index (χ4n) is 5.20. The monoisotopic (exact) mass is 544 g/mol. The number of imidazole rings is 1. The Labute approximate surface area is 228 Å². The average Bonchev–Trinajstić information content (AvgIpc) is 3.44. The number of benzene rings is 3. The molecule has 0 aliphatic carbocycles. The topological polar surface area (TPSA) is 102 Å². The maximum Gasteiger partial charge on any atom is 0.332 e. The summed E-state index contributed by atoms with van der Waals surface area (Å²) in [4.78, 5) is 23.6. The third kappa shape index (κ3) is 4.43. The molecule has 3 heterocycles. The lowest BCUT2D eigenvalue weighted by Crippen LogP contribution is -2.39. The molecule has 1 aliphatic heterocycles. The molecule has 0 spiro atoms. The molecule has 3 N–H and O–H groups in total. The van der Waals surface area contributed by atoms with Crippen LogP contribution < -0.4 is 16.3 Å². The van der Waals surface area contributed by atoms with E-state index in [0.717, 1.165) is 18.7 Å². The van der Waals surface area contributed by atoms with Gasteiger partial charge in [0.25, 0.3) is 0 Å². The Hall–Kier alpha value is -4.21. The molecule has 10 heteroatoms. The van der Waals surface area contributed by atoms with Crippen molar-refractivity contribution < 1.29 is 9.50 Å². The van der Waals surface area contributed by atoms with Crippen LogP contribution in [0, 0.1) is 5.82 Å². The van der Waals surface area contributed by atoms with Crippen molar-refractivity contribution in [1.82, 2.24) is 19.1 Å². The van der Waals surface area contributed by atoms with Crippen molar-refractivity contribution in [2.45, 2.75) is 18.9 Å². The molecule has 0 bridgehead atoms. The molecule has 2 aromatic heterocycles. The molecule has 1 aliphatic rings. The molecule has 5 aromatic rings. The number of halogens is 2. The molecule has 0 saturated carbocycles. The Morgan fingerprint density at radius 3 is 2.44 bits per heavy atom. The van der Waals surface area contributed by atoms with E-state index in [0.29, 0.717) is 40.0 Å². The predicted molar refractivity (Wildman–Crippen MR) is 151 cm³/mol. The van der Waals surface area contributed by atoms with Crippen LogP contribution in [0.2, 0.25) is 5.02 Å². The molecule has 8 nitrogen and oxygen atoms in total. The Bertz CT molecular complexity index is 1810. The minimum absolute atomic E-state index is 0.101. The van der Waals surface area contributed by atoms with Crippen molar-refractivity contribution >= 4 is 28.3 Å². The van der Waals surface area contributed by atoms with Crippen molar-refractivity contribution in [1.29, 1.82) is 0 Å². The van der Waals surface area contributed by atoms with Crippen LogP contribution in [-0.4, -0.2) is 42.8 Å². The number of aromatic hydroxyl groups is 1. The summed E-state index contributed by atoms with van der Waals surface area (Å²) in [6, 6.07) is 11.2. The van der Waals surface area contributed by atoms with Gasteiger partial charge in [-0.3, -0.25) is 14.5 Å². The number of rotatable bonds is 4. The Morgan fingerprint density at radius 1 is 1.03 bits per heavy atom. The minimum Gasteiger partial charge on any atom is -0.507 e. The van der Waals surface area contributed by atoms with Crippen molar-refractivity contribution in [3.05, 3.63) is 88.6 Å². The van der Waals surface area contributed by atoms with Gasteiger partial charge >= 0.3 is 5.69 Å². The lowest BCUT2D eigenvalue weighted by Gasteiger charge is -2.23. The maximum absolute atomic E-state index is 15.0. The number of hydrogen-bond acceptors (Lipinski definition) is 6. The highest BCUT2D eigenvalue weighted by Gasteiger charge is 2.31. The number of phenolic OH excluding ortho intramolecular Hbond substituents is 1. The summed E-state index contributed by atoms with van der Waals surface area (Å²) in [6.07, 6.45) is 7.31. The normalized spacial score (nSPS) is 17.3. The number of aryl methyl sites for hydroxylation is 1. The van der Waals surface area contributed by atoms with E-state index in [2.05, 4.69) is 14.9 Å². The van der Waals surface area contributed by atoms with Gasteiger partial charge in [-0.25, -0.2) is 9.18 Å². The second-order valence-corrected chi connectivity index (χ2v) is 10.7. The fraction of sp³-hybridized carbons (Fsp3) is 0.207. The first kappa shape index (κ1) is 25.1. The van der Waals surface area contributed by atoms with Crippen molar-refractivity contribution in [2.24, 2.45) is 12.8 Å². The zero-order valence-corrected chi connectivity index (χ0v) is 22.2. The van der Waals surface area contributed by atoms with Crippen LogP contribution in [0.5, 0.6) is 5.75 Å². The standard InChI is InChI=1S/C29H26ClFN6O2/c1-29(32)5-8-36(16-29)25-13-18(12-23-26(25)34-7-6-33-23)21-15-19(31)14-20(27(21)38)17-3-4-24(22(30)11-17)37-10-9-35(2)28(37)39/h3-4,6-7,9-15,38H,5,8,16,32H2,1-2H3/t29-/m0/s1. The molecule has 1 fully saturated rings. The summed E-state index contributed by atoms with van der Waals surface area (Å²) in [7, 11) is 1.65. The van der Waals surface area contributed by atoms with E-state index in [1.165, 1.54) is 21.3 Å². The van der Waals surface area contributed by atoms with Crippen molar-refractivity contribution in [2.75, 3.05) is 18.0 Å². The Kier molecular flexibility index (Phi) is 5.93. The van der Waals surface area contributed by atoms with Gasteiger partial charge in [0.2, 0.25) is 0 Å². The van der Waals surface area contributed by atoms with Gasteiger partial charge in [0.05, 0.1) is 21.9 Å². The van der Waals surface area contributed by atoms with Gasteiger partial charge in [-0.15, -0.1) is 0 Å². The summed E-state index contributed by atoms with van der Waals surface area (Å²) < 4.78 is 17.9. The first-order chi connectivity index (χ1) is 18.6. The smallest absolute Gasteiger partial charge is 0.332 e. The molecule has 198 valence electrons. The lowest BCUT2D eigenvalue weighted by molar-refractivity contribution is 0.477. The summed E-state index contributed by atoms with van der Waals surface area (Å²) in [5, 5.41) is 11.7. The van der Waals surface area contributed by atoms with Gasteiger partial charge in [-0.1, -0.05) is 17.7 Å². The minimum atomic E-state index is -0.520. The molecular weight excluding hydrogens is 519 g/mol. The zero-order chi connectivity index (χ0) is 27.5. The largest absolute Gasteiger partial charge is 0.507 e. The Balaban J connectivity index is 1.48. The highest BCUT2D eigenvalue weighted by Crippen LogP contribution is 2.43. The van der Waals surface area contributed by atoms with Crippen LogP contribution in [0.25, 0.3) is 39.0 Å². The lowest BCUT2D eigenvalue weighted by atomic mass is 9.96. The SMILES string of the molecule is Cn1ccn(-c2ccc(-c3cc(F)cc(-c4cc(N5CC[C@](C)(N)C5)c5nccnc5c4)c3O)cc2Cl)c1=O. The zero-order valence-electron chi connectivity index (χ0n) is 21.4. The predicted octanol–water partition coefficient (Wildman–Crippen LogP) is 4.88. The van der Waals surface area contributed by atoms with E-state index in [9.17, 15) is 9.90 Å². The molecule has 0 radical (unpaired) electrons. The molecule has 39 heavy (non-hydrogen) atoms. The number of fused-ring (bicyclic) bond motifs is 1. The molecule has 1 atom stereocenters. The van der Waals surface area contributed by atoms with Gasteiger partial charge in [-0.2, -0.15) is 0 Å². The van der Waals surface area contributed by atoms with Crippen LogP contribution in [-0.2, 0) is 7.05 Å². The van der Waals surface area contributed by atoms with Crippen LogP contribution in [0.1, 0.15) is 13.3 Å². The van der Waals surface area contributed by atoms with E-state index in [1.54, 1.807) is 56.1 Å². The summed E-state index contributed by atoms with van der Waals surface area (Å²) in [5.74, 6) is -0.620. The van der Waals surface area contributed by atoms with Crippen LogP contribution >= 0.6 is 11.6 Å². The number of phenols is 1. The molecule has 6 rings (SSSR count).